The second kappa shape index (κ2) is 9.36. The zero-order valence-electron chi connectivity index (χ0n) is 14.0. The van der Waals surface area contributed by atoms with Crippen LogP contribution in [0.1, 0.15) is 44.6 Å². The minimum Gasteiger partial charge on any atom is -0.497 e. The summed E-state index contributed by atoms with van der Waals surface area (Å²) in [6, 6.07) is 7.78. The van der Waals surface area contributed by atoms with Gasteiger partial charge in [-0.1, -0.05) is 24.3 Å². The fraction of sp³-hybridized carbons (Fsp3) is 0.526. The molecule has 0 saturated carbocycles. The number of carbonyl (C=O) groups is 1. The van der Waals surface area contributed by atoms with Gasteiger partial charge in [-0.2, -0.15) is 0 Å². The summed E-state index contributed by atoms with van der Waals surface area (Å²) >= 11 is 0. The van der Waals surface area contributed by atoms with Crippen molar-refractivity contribution in [2.45, 2.75) is 57.8 Å². The van der Waals surface area contributed by atoms with Gasteiger partial charge in [-0.3, -0.25) is 4.79 Å². The Labute approximate surface area is 138 Å². The van der Waals surface area contributed by atoms with Crippen LogP contribution in [0.15, 0.2) is 36.4 Å². The first-order chi connectivity index (χ1) is 11.2. The third-order valence-electron chi connectivity index (χ3n) is 4.02. The Bertz CT molecular complexity index is 507. The molecule has 0 N–H and O–H groups in total. The van der Waals surface area contributed by atoms with Crippen molar-refractivity contribution in [3.63, 3.8) is 0 Å². The first-order valence-corrected chi connectivity index (χ1v) is 8.28. The molecule has 0 amide bonds. The van der Waals surface area contributed by atoms with Crippen LogP contribution in [0.25, 0.3) is 0 Å². The van der Waals surface area contributed by atoms with Gasteiger partial charge in [-0.15, -0.1) is 0 Å². The Kier molecular flexibility index (Phi) is 7.14. The van der Waals surface area contributed by atoms with Crippen LogP contribution in [0.4, 0.5) is 0 Å². The lowest BCUT2D eigenvalue weighted by Crippen LogP contribution is -2.31. The molecule has 0 radical (unpaired) electrons. The van der Waals surface area contributed by atoms with Gasteiger partial charge in [0.2, 0.25) is 0 Å². The van der Waals surface area contributed by atoms with Gasteiger partial charge in [-0.05, 0) is 43.9 Å². The summed E-state index contributed by atoms with van der Waals surface area (Å²) in [5.74, 6) is 0.707. The molecular formula is C19H26O4. The number of esters is 1. The zero-order chi connectivity index (χ0) is 16.5. The number of rotatable bonds is 5. The van der Waals surface area contributed by atoms with E-state index in [9.17, 15) is 4.79 Å². The van der Waals surface area contributed by atoms with Gasteiger partial charge in [-0.25, -0.2) is 0 Å². The molecule has 2 atom stereocenters. The van der Waals surface area contributed by atoms with Crippen molar-refractivity contribution in [1.29, 1.82) is 0 Å². The van der Waals surface area contributed by atoms with Crippen molar-refractivity contribution >= 4 is 5.97 Å². The molecule has 0 bridgehead atoms. The quantitative estimate of drug-likeness (QED) is 0.607. The van der Waals surface area contributed by atoms with Crippen molar-refractivity contribution in [2.24, 2.45) is 0 Å². The summed E-state index contributed by atoms with van der Waals surface area (Å²) in [5.41, 5.74) is 1.07. The first kappa shape index (κ1) is 17.5. The fourth-order valence-corrected chi connectivity index (χ4v) is 2.50. The largest absolute Gasteiger partial charge is 0.497 e. The van der Waals surface area contributed by atoms with Gasteiger partial charge in [0, 0.05) is 12.8 Å². The Morgan fingerprint density at radius 2 is 2.00 bits per heavy atom. The maximum absolute atomic E-state index is 11.8. The number of cyclic esters (lactones) is 1. The van der Waals surface area contributed by atoms with E-state index in [0.29, 0.717) is 19.4 Å². The number of ether oxygens (including phenoxy) is 3. The van der Waals surface area contributed by atoms with Crippen LogP contribution in [-0.4, -0.2) is 25.3 Å². The van der Waals surface area contributed by atoms with E-state index in [1.165, 1.54) is 0 Å². The smallest absolute Gasteiger partial charge is 0.306 e. The summed E-state index contributed by atoms with van der Waals surface area (Å²) < 4.78 is 16.6. The molecule has 1 heterocycles. The Hall–Kier alpha value is -1.81. The third kappa shape index (κ3) is 6.06. The molecule has 1 aromatic carbocycles. The Morgan fingerprint density at radius 3 is 2.74 bits per heavy atom. The lowest BCUT2D eigenvalue weighted by Gasteiger charge is -2.24. The van der Waals surface area contributed by atoms with Gasteiger partial charge in [0.05, 0.1) is 19.8 Å². The standard InChI is InChI=1S/C19H26O4/c1-15(22-14-16-10-12-17(21-2)13-11-16)18-8-6-4-3-5-7-9-19(20)23-18/h4,6,10-13,15,18H,3,5,7-9,14H2,1-2H3/b6-4+/t15-,18-/m0/s1. The molecular weight excluding hydrogens is 292 g/mol. The number of hydrogen-bond donors (Lipinski definition) is 0. The molecule has 4 nitrogen and oxygen atoms in total. The van der Waals surface area contributed by atoms with Crippen molar-refractivity contribution in [1.82, 2.24) is 0 Å². The number of methoxy groups -OCH3 is 1. The summed E-state index contributed by atoms with van der Waals surface area (Å²) in [6.45, 7) is 2.45. The highest BCUT2D eigenvalue weighted by Gasteiger charge is 2.21. The maximum atomic E-state index is 11.8. The highest BCUT2D eigenvalue weighted by Crippen LogP contribution is 2.17. The molecule has 1 aromatic rings. The Morgan fingerprint density at radius 1 is 1.22 bits per heavy atom. The third-order valence-corrected chi connectivity index (χ3v) is 4.02. The van der Waals surface area contributed by atoms with Gasteiger partial charge in [0.1, 0.15) is 11.9 Å². The molecule has 126 valence electrons. The van der Waals surface area contributed by atoms with Crippen molar-refractivity contribution in [3.05, 3.63) is 42.0 Å². The minimum absolute atomic E-state index is 0.120. The Balaban J connectivity index is 1.89. The van der Waals surface area contributed by atoms with Crippen LogP contribution in [0.3, 0.4) is 0 Å². The monoisotopic (exact) mass is 318 g/mol. The van der Waals surface area contributed by atoms with Gasteiger partial charge >= 0.3 is 5.97 Å². The molecule has 4 heteroatoms. The van der Waals surface area contributed by atoms with Gasteiger partial charge < -0.3 is 14.2 Å². The van der Waals surface area contributed by atoms with E-state index in [4.69, 9.17) is 14.2 Å². The summed E-state index contributed by atoms with van der Waals surface area (Å²) in [5, 5.41) is 0. The van der Waals surface area contributed by atoms with Crippen LogP contribution in [0, 0.1) is 0 Å². The van der Waals surface area contributed by atoms with Crippen molar-refractivity contribution < 1.29 is 19.0 Å². The van der Waals surface area contributed by atoms with Crippen LogP contribution in [0.2, 0.25) is 0 Å². The van der Waals surface area contributed by atoms with Crippen molar-refractivity contribution in [3.8, 4) is 5.75 Å². The van der Waals surface area contributed by atoms with E-state index in [1.807, 2.05) is 31.2 Å². The van der Waals surface area contributed by atoms with E-state index < -0.39 is 0 Å². The number of hydrogen-bond acceptors (Lipinski definition) is 4. The van der Waals surface area contributed by atoms with Crippen LogP contribution in [-0.2, 0) is 20.9 Å². The van der Waals surface area contributed by atoms with Crippen molar-refractivity contribution in [2.75, 3.05) is 7.11 Å². The molecule has 1 aliphatic heterocycles. The van der Waals surface area contributed by atoms with E-state index in [2.05, 4.69) is 12.2 Å². The topological polar surface area (TPSA) is 44.8 Å². The minimum atomic E-state index is -0.227. The lowest BCUT2D eigenvalue weighted by molar-refractivity contribution is -0.157. The molecule has 0 unspecified atom stereocenters. The molecule has 2 rings (SSSR count). The van der Waals surface area contributed by atoms with E-state index >= 15 is 0 Å². The van der Waals surface area contributed by atoms with Gasteiger partial charge in [0.15, 0.2) is 0 Å². The van der Waals surface area contributed by atoms with E-state index in [0.717, 1.165) is 30.6 Å². The molecule has 0 saturated heterocycles. The number of benzene rings is 1. The first-order valence-electron chi connectivity index (χ1n) is 8.28. The lowest BCUT2D eigenvalue weighted by atomic mass is 10.1. The van der Waals surface area contributed by atoms with Crippen LogP contribution < -0.4 is 4.74 Å². The zero-order valence-corrected chi connectivity index (χ0v) is 14.0. The molecule has 0 aliphatic carbocycles. The molecule has 23 heavy (non-hydrogen) atoms. The predicted molar refractivity (Wildman–Crippen MR) is 89.4 cm³/mol. The fourth-order valence-electron chi connectivity index (χ4n) is 2.50. The molecule has 0 spiro atoms. The second-order valence-electron chi connectivity index (χ2n) is 5.85. The summed E-state index contributed by atoms with van der Waals surface area (Å²) in [6.07, 6.45) is 8.04. The SMILES string of the molecule is COc1ccc(CO[C@@H](C)[C@@H]2C/C=C/CCCCC(=O)O2)cc1. The second-order valence-corrected chi connectivity index (χ2v) is 5.85. The van der Waals surface area contributed by atoms with E-state index in [1.54, 1.807) is 7.11 Å². The average Bonchev–Trinajstić information content (AvgIpc) is 2.58. The van der Waals surface area contributed by atoms with Crippen LogP contribution >= 0.6 is 0 Å². The average molecular weight is 318 g/mol. The van der Waals surface area contributed by atoms with Crippen LogP contribution in [0.5, 0.6) is 5.75 Å². The summed E-state index contributed by atoms with van der Waals surface area (Å²) in [4.78, 5) is 11.8. The molecule has 0 fully saturated rings. The number of allylic oxidation sites excluding steroid dienone is 1. The molecule has 1 aliphatic rings. The highest BCUT2D eigenvalue weighted by atomic mass is 16.6. The molecule has 0 aromatic heterocycles. The van der Waals surface area contributed by atoms with Gasteiger partial charge in [0.25, 0.3) is 0 Å². The van der Waals surface area contributed by atoms with E-state index in [-0.39, 0.29) is 18.2 Å². The summed E-state index contributed by atoms with van der Waals surface area (Å²) in [7, 11) is 1.65. The highest BCUT2D eigenvalue weighted by molar-refractivity contribution is 5.69. The predicted octanol–water partition coefficient (Wildman–Crippen LogP) is 4.03. The number of carbonyl (C=O) groups excluding carboxylic acids is 1. The maximum Gasteiger partial charge on any atom is 0.306 e. The normalized spacial score (nSPS) is 22.0.